The molecule has 0 spiro atoms. The largest absolute Gasteiger partial charge is 0.446 e. The number of rotatable bonds is 3. The molecule has 0 bridgehead atoms. The van der Waals surface area contributed by atoms with Gasteiger partial charge in [-0.3, -0.25) is 14.9 Å². The lowest BCUT2D eigenvalue weighted by Crippen LogP contribution is -2.25. The lowest BCUT2D eigenvalue weighted by atomic mass is 10.2. The molecule has 1 aliphatic rings. The molecule has 0 N–H and O–H groups in total. The van der Waals surface area contributed by atoms with Crippen LogP contribution in [0, 0.1) is 10.1 Å². The summed E-state index contributed by atoms with van der Waals surface area (Å²) >= 11 is 12.1. The Hall–Kier alpha value is -2.64. The van der Waals surface area contributed by atoms with Crippen molar-refractivity contribution in [2.45, 2.75) is 13.2 Å². The van der Waals surface area contributed by atoms with Gasteiger partial charge in [-0.15, -0.1) is 5.10 Å². The number of hydrogen-bond acceptors (Lipinski definition) is 5. The van der Waals surface area contributed by atoms with Crippen LogP contribution in [0.2, 0.25) is 10.0 Å². The van der Waals surface area contributed by atoms with E-state index in [4.69, 9.17) is 27.9 Å². The number of hydrazone groups is 1. The molecule has 2 aromatic rings. The molecule has 2 aromatic carbocycles. The van der Waals surface area contributed by atoms with E-state index in [0.717, 1.165) is 5.01 Å². The van der Waals surface area contributed by atoms with Crippen molar-refractivity contribution < 1.29 is 14.5 Å². The highest BCUT2D eigenvalue weighted by atomic mass is 35.5. The first-order chi connectivity index (χ1) is 11.9. The van der Waals surface area contributed by atoms with Crippen LogP contribution >= 0.6 is 23.2 Å². The second-order valence-corrected chi connectivity index (χ2v) is 6.06. The second-order valence-electron chi connectivity index (χ2n) is 5.22. The van der Waals surface area contributed by atoms with E-state index < -0.39 is 11.2 Å². The lowest BCUT2D eigenvalue weighted by molar-refractivity contribution is -0.384. The zero-order valence-electron chi connectivity index (χ0n) is 12.8. The number of carbonyl (C=O) groups excluding carboxylic acids is 1. The average molecular weight is 380 g/mol. The monoisotopic (exact) mass is 379 g/mol. The summed E-state index contributed by atoms with van der Waals surface area (Å²) in [6, 6.07) is 10.7. The molecular formula is C16H11Cl2N3O4. The van der Waals surface area contributed by atoms with Crippen LogP contribution in [0.15, 0.2) is 47.6 Å². The third kappa shape index (κ3) is 3.42. The highest BCUT2D eigenvalue weighted by molar-refractivity contribution is 6.34. The highest BCUT2D eigenvalue weighted by Gasteiger charge is 2.34. The lowest BCUT2D eigenvalue weighted by Gasteiger charge is -2.19. The number of carbonyl (C=O) groups is 1. The molecule has 25 heavy (non-hydrogen) atoms. The number of hydrogen-bond donors (Lipinski definition) is 0. The van der Waals surface area contributed by atoms with E-state index in [9.17, 15) is 14.9 Å². The molecule has 0 aromatic heterocycles. The van der Waals surface area contributed by atoms with Crippen molar-refractivity contribution in [3.8, 4) is 0 Å². The molecule has 0 saturated carbocycles. The molecule has 1 aliphatic heterocycles. The van der Waals surface area contributed by atoms with Gasteiger partial charge in [-0.1, -0.05) is 35.3 Å². The zero-order chi connectivity index (χ0) is 18.1. The number of ether oxygens (including phenoxy) is 1. The van der Waals surface area contributed by atoms with Crippen molar-refractivity contribution in [1.29, 1.82) is 0 Å². The zero-order valence-corrected chi connectivity index (χ0v) is 14.4. The number of halogens is 2. The molecular weight excluding hydrogens is 369 g/mol. The van der Waals surface area contributed by atoms with Gasteiger partial charge >= 0.3 is 0 Å². The van der Waals surface area contributed by atoms with Gasteiger partial charge in [-0.25, -0.2) is 0 Å². The number of non-ortho nitro benzene ring substituents is 1. The Morgan fingerprint density at radius 1 is 1.28 bits per heavy atom. The van der Waals surface area contributed by atoms with E-state index in [0.29, 0.717) is 10.6 Å². The fourth-order valence-electron chi connectivity index (χ4n) is 2.34. The molecule has 128 valence electrons. The van der Waals surface area contributed by atoms with Crippen LogP contribution in [-0.2, 0) is 9.53 Å². The number of nitro benzene ring substituents is 1. The maximum absolute atomic E-state index is 11.9. The Labute approximate surface area is 152 Å². The van der Waals surface area contributed by atoms with Crippen molar-refractivity contribution in [1.82, 2.24) is 5.01 Å². The van der Waals surface area contributed by atoms with Gasteiger partial charge in [0, 0.05) is 29.6 Å². The third-order valence-electron chi connectivity index (χ3n) is 3.49. The van der Waals surface area contributed by atoms with Crippen LogP contribution in [0.3, 0.4) is 0 Å². The molecule has 1 atom stereocenters. The molecule has 0 fully saturated rings. The van der Waals surface area contributed by atoms with Crippen LogP contribution in [0.4, 0.5) is 5.69 Å². The van der Waals surface area contributed by atoms with Crippen LogP contribution in [0.5, 0.6) is 0 Å². The van der Waals surface area contributed by atoms with Crippen LogP contribution in [-0.4, -0.2) is 21.7 Å². The van der Waals surface area contributed by atoms with E-state index in [-0.39, 0.29) is 28.1 Å². The van der Waals surface area contributed by atoms with Gasteiger partial charge in [-0.2, -0.15) is 5.01 Å². The van der Waals surface area contributed by atoms with Gasteiger partial charge in [0.15, 0.2) is 0 Å². The molecule has 1 unspecified atom stereocenters. The first-order valence-electron chi connectivity index (χ1n) is 7.11. The van der Waals surface area contributed by atoms with E-state index in [1.165, 1.54) is 25.1 Å². The summed E-state index contributed by atoms with van der Waals surface area (Å²) in [6.45, 7) is 1.34. The average Bonchev–Trinajstić information content (AvgIpc) is 3.00. The fourth-order valence-corrected chi connectivity index (χ4v) is 2.74. The molecule has 9 heteroatoms. The summed E-state index contributed by atoms with van der Waals surface area (Å²) < 4.78 is 5.77. The van der Waals surface area contributed by atoms with Gasteiger partial charge in [0.05, 0.1) is 15.5 Å². The van der Waals surface area contributed by atoms with Crippen molar-refractivity contribution in [2.24, 2.45) is 5.10 Å². The molecule has 0 radical (unpaired) electrons. The molecule has 1 heterocycles. The molecule has 7 nitrogen and oxygen atoms in total. The topological polar surface area (TPSA) is 85.0 Å². The highest BCUT2D eigenvalue weighted by Crippen LogP contribution is 2.34. The van der Waals surface area contributed by atoms with Crippen molar-refractivity contribution in [3.63, 3.8) is 0 Å². The van der Waals surface area contributed by atoms with E-state index in [2.05, 4.69) is 5.10 Å². The summed E-state index contributed by atoms with van der Waals surface area (Å²) in [5.74, 6) is -0.338. The van der Waals surface area contributed by atoms with Gasteiger partial charge in [0.1, 0.15) is 0 Å². The van der Waals surface area contributed by atoms with Gasteiger partial charge in [0.2, 0.25) is 18.0 Å². The normalized spacial score (nSPS) is 16.4. The molecule has 0 aliphatic carbocycles. The number of nitrogens with zero attached hydrogens (tertiary/aromatic N) is 3. The number of benzene rings is 2. The second kappa shape index (κ2) is 6.70. The maximum Gasteiger partial charge on any atom is 0.270 e. The first-order valence-corrected chi connectivity index (χ1v) is 7.87. The predicted octanol–water partition coefficient (Wildman–Crippen LogP) is 4.14. The summed E-state index contributed by atoms with van der Waals surface area (Å²) in [5, 5.41) is 16.9. The predicted molar refractivity (Wildman–Crippen MR) is 92.4 cm³/mol. The van der Waals surface area contributed by atoms with Gasteiger partial charge in [0.25, 0.3) is 5.69 Å². The smallest absolute Gasteiger partial charge is 0.270 e. The minimum atomic E-state index is -0.832. The standard InChI is InChI=1S/C16H11Cl2N3O4/c1-9(22)20-16(10-3-2-4-11(17)7-10)25-15(19-20)13-8-12(21(23)24)5-6-14(13)18/h2-8,16H,1H3. The Morgan fingerprint density at radius 3 is 2.68 bits per heavy atom. The number of amides is 1. The van der Waals surface area contributed by atoms with Crippen LogP contribution in [0.1, 0.15) is 24.3 Å². The van der Waals surface area contributed by atoms with E-state index in [1.807, 2.05) is 0 Å². The summed E-state index contributed by atoms with van der Waals surface area (Å²) in [7, 11) is 0. The van der Waals surface area contributed by atoms with Crippen molar-refractivity contribution in [3.05, 3.63) is 73.8 Å². The summed E-state index contributed by atoms with van der Waals surface area (Å²) in [5.41, 5.74) is 0.681. The Balaban J connectivity index is 2.02. The van der Waals surface area contributed by atoms with Crippen LogP contribution in [0.25, 0.3) is 0 Å². The quantitative estimate of drug-likeness (QED) is 0.592. The van der Waals surface area contributed by atoms with Crippen molar-refractivity contribution >= 4 is 40.7 Å². The molecule has 1 amide bonds. The molecule has 3 rings (SSSR count). The fraction of sp³-hybridized carbons (Fsp3) is 0.125. The SMILES string of the molecule is CC(=O)N1N=C(c2cc([N+](=O)[O-])ccc2Cl)OC1c1cccc(Cl)c1. The Kier molecular flexibility index (Phi) is 4.61. The summed E-state index contributed by atoms with van der Waals surface area (Å²) in [6.07, 6.45) is -0.832. The van der Waals surface area contributed by atoms with Gasteiger partial charge < -0.3 is 4.74 Å². The Bertz CT molecular complexity index is 901. The minimum Gasteiger partial charge on any atom is -0.446 e. The maximum atomic E-state index is 11.9. The Morgan fingerprint density at radius 2 is 2.04 bits per heavy atom. The number of nitro groups is 1. The summed E-state index contributed by atoms with van der Waals surface area (Å²) in [4.78, 5) is 22.3. The third-order valence-corrected chi connectivity index (χ3v) is 4.06. The van der Waals surface area contributed by atoms with Crippen LogP contribution < -0.4 is 0 Å². The first kappa shape index (κ1) is 17.2. The molecule has 0 saturated heterocycles. The minimum absolute atomic E-state index is 0.0221. The van der Waals surface area contributed by atoms with E-state index in [1.54, 1.807) is 24.3 Å². The van der Waals surface area contributed by atoms with Crippen molar-refractivity contribution in [2.75, 3.05) is 0 Å². The van der Waals surface area contributed by atoms with Gasteiger partial charge in [-0.05, 0) is 18.2 Å². The van der Waals surface area contributed by atoms with E-state index >= 15 is 0 Å².